The topological polar surface area (TPSA) is 83.5 Å². The molecule has 4 heteroatoms. The number of aliphatic hydroxyl groups excluding tert-OH is 1. The van der Waals surface area contributed by atoms with Crippen molar-refractivity contribution in [1.82, 2.24) is 0 Å². The molecule has 0 radical (unpaired) electrons. The molecule has 0 unspecified atom stereocenters. The zero-order valence-electron chi connectivity index (χ0n) is 10.3. The monoisotopic (exact) mass is 237 g/mol. The maximum Gasteiger partial charge on any atom is 0.335 e. The summed E-state index contributed by atoms with van der Waals surface area (Å²) in [6.45, 7) is 5.72. The van der Waals surface area contributed by atoms with Crippen LogP contribution in [0.2, 0.25) is 0 Å². The second kappa shape index (κ2) is 4.85. The van der Waals surface area contributed by atoms with Crippen LogP contribution < -0.4 is 5.73 Å². The maximum absolute atomic E-state index is 10.7. The first-order valence-corrected chi connectivity index (χ1v) is 5.50. The van der Waals surface area contributed by atoms with Gasteiger partial charge in [0.05, 0.1) is 17.7 Å². The number of carbonyl (C=O) groups is 1. The molecule has 1 aromatic carbocycles. The molecule has 0 fully saturated rings. The third-order valence-corrected chi connectivity index (χ3v) is 2.77. The van der Waals surface area contributed by atoms with Gasteiger partial charge in [-0.2, -0.15) is 0 Å². The SMILES string of the molecule is CC(C)(C)[C@@H](O)[C@@H](N)c1ccc(C(=O)O)cc1. The van der Waals surface area contributed by atoms with Gasteiger partial charge in [-0.05, 0) is 23.1 Å². The quantitative estimate of drug-likeness (QED) is 0.748. The number of hydrogen-bond acceptors (Lipinski definition) is 3. The average molecular weight is 237 g/mol. The third-order valence-electron chi connectivity index (χ3n) is 2.77. The molecule has 17 heavy (non-hydrogen) atoms. The Balaban J connectivity index is 2.90. The number of nitrogens with two attached hydrogens (primary N) is 1. The molecule has 0 aromatic heterocycles. The smallest absolute Gasteiger partial charge is 0.335 e. The molecule has 0 aliphatic rings. The van der Waals surface area contributed by atoms with Gasteiger partial charge in [-0.25, -0.2) is 4.79 Å². The van der Waals surface area contributed by atoms with Gasteiger partial charge in [-0.3, -0.25) is 0 Å². The Morgan fingerprint density at radius 2 is 1.71 bits per heavy atom. The van der Waals surface area contributed by atoms with E-state index in [1.807, 2.05) is 20.8 Å². The van der Waals surface area contributed by atoms with Gasteiger partial charge in [0.1, 0.15) is 0 Å². The second-order valence-corrected chi connectivity index (χ2v) is 5.26. The molecule has 0 saturated carbocycles. The van der Waals surface area contributed by atoms with Gasteiger partial charge in [-0.1, -0.05) is 32.9 Å². The van der Waals surface area contributed by atoms with Crippen molar-refractivity contribution in [2.75, 3.05) is 0 Å². The Bertz CT molecular complexity index is 392. The van der Waals surface area contributed by atoms with Crippen molar-refractivity contribution in [2.24, 2.45) is 11.1 Å². The van der Waals surface area contributed by atoms with E-state index in [2.05, 4.69) is 0 Å². The van der Waals surface area contributed by atoms with Gasteiger partial charge in [0.15, 0.2) is 0 Å². The summed E-state index contributed by atoms with van der Waals surface area (Å²) in [7, 11) is 0. The van der Waals surface area contributed by atoms with Crippen molar-refractivity contribution in [3.05, 3.63) is 35.4 Å². The number of hydrogen-bond donors (Lipinski definition) is 3. The lowest BCUT2D eigenvalue weighted by Gasteiger charge is -2.31. The largest absolute Gasteiger partial charge is 0.478 e. The van der Waals surface area contributed by atoms with Crippen LogP contribution in [0.15, 0.2) is 24.3 Å². The summed E-state index contributed by atoms with van der Waals surface area (Å²) in [4.78, 5) is 10.7. The first-order chi connectivity index (χ1) is 7.73. The maximum atomic E-state index is 10.7. The number of benzene rings is 1. The molecular formula is C13H19NO3. The summed E-state index contributed by atoms with van der Waals surface area (Å²) in [5.41, 5.74) is 6.59. The Hall–Kier alpha value is -1.39. The van der Waals surface area contributed by atoms with Gasteiger partial charge in [0, 0.05) is 0 Å². The van der Waals surface area contributed by atoms with E-state index in [9.17, 15) is 9.90 Å². The van der Waals surface area contributed by atoms with Crippen LogP contribution in [-0.4, -0.2) is 22.3 Å². The minimum absolute atomic E-state index is 0.214. The summed E-state index contributed by atoms with van der Waals surface area (Å²) in [5, 5.41) is 18.8. The molecule has 1 rings (SSSR count). The first-order valence-electron chi connectivity index (χ1n) is 5.50. The first kappa shape index (κ1) is 13.7. The Labute approximate surface area is 101 Å². The van der Waals surface area contributed by atoms with Gasteiger partial charge in [0.25, 0.3) is 0 Å². The predicted octanol–water partition coefficient (Wildman–Crippen LogP) is 1.79. The fourth-order valence-electron chi connectivity index (χ4n) is 1.57. The molecule has 0 aliphatic heterocycles. The van der Waals surface area contributed by atoms with E-state index in [1.165, 1.54) is 12.1 Å². The third kappa shape index (κ3) is 3.28. The molecule has 0 saturated heterocycles. The standard InChI is InChI=1S/C13H19NO3/c1-13(2,3)11(15)10(14)8-4-6-9(7-5-8)12(16)17/h4-7,10-11,15H,14H2,1-3H3,(H,16,17)/t10-,11-/m0/s1. The van der Waals surface area contributed by atoms with Crippen LogP contribution >= 0.6 is 0 Å². The van der Waals surface area contributed by atoms with Crippen molar-refractivity contribution in [3.8, 4) is 0 Å². The van der Waals surface area contributed by atoms with Crippen LogP contribution in [-0.2, 0) is 0 Å². The molecule has 0 bridgehead atoms. The van der Waals surface area contributed by atoms with Gasteiger partial charge < -0.3 is 15.9 Å². The highest BCUT2D eigenvalue weighted by Crippen LogP contribution is 2.28. The number of carboxylic acids is 1. The molecule has 94 valence electrons. The van der Waals surface area contributed by atoms with E-state index in [-0.39, 0.29) is 11.0 Å². The van der Waals surface area contributed by atoms with Gasteiger partial charge >= 0.3 is 5.97 Å². The average Bonchev–Trinajstić information content (AvgIpc) is 2.26. The minimum atomic E-state index is -0.971. The van der Waals surface area contributed by atoms with E-state index in [4.69, 9.17) is 10.8 Å². The van der Waals surface area contributed by atoms with Crippen molar-refractivity contribution in [2.45, 2.75) is 32.9 Å². The molecule has 0 aliphatic carbocycles. The van der Waals surface area contributed by atoms with Gasteiger partial charge in [-0.15, -0.1) is 0 Å². The van der Waals surface area contributed by atoms with Crippen LogP contribution in [0.1, 0.15) is 42.7 Å². The van der Waals surface area contributed by atoms with Crippen molar-refractivity contribution in [1.29, 1.82) is 0 Å². The van der Waals surface area contributed by atoms with Crippen molar-refractivity contribution >= 4 is 5.97 Å². The van der Waals surface area contributed by atoms with E-state index in [1.54, 1.807) is 12.1 Å². The van der Waals surface area contributed by atoms with Crippen LogP contribution in [0.3, 0.4) is 0 Å². The summed E-state index contributed by atoms with van der Waals surface area (Å²) in [6, 6.07) is 5.75. The van der Waals surface area contributed by atoms with E-state index < -0.39 is 18.1 Å². The zero-order chi connectivity index (χ0) is 13.2. The fourth-order valence-corrected chi connectivity index (χ4v) is 1.57. The molecule has 4 nitrogen and oxygen atoms in total. The van der Waals surface area contributed by atoms with E-state index >= 15 is 0 Å². The molecular weight excluding hydrogens is 218 g/mol. The van der Waals surface area contributed by atoms with Crippen LogP contribution in [0.5, 0.6) is 0 Å². The molecule has 0 amide bonds. The Morgan fingerprint density at radius 3 is 2.06 bits per heavy atom. The molecule has 0 spiro atoms. The summed E-state index contributed by atoms with van der Waals surface area (Å²) in [5.74, 6) is -0.971. The van der Waals surface area contributed by atoms with E-state index in [0.717, 1.165) is 5.56 Å². The number of carboxylic acid groups (broad SMARTS) is 1. The lowest BCUT2D eigenvalue weighted by molar-refractivity contribution is 0.0401. The molecule has 4 N–H and O–H groups in total. The lowest BCUT2D eigenvalue weighted by atomic mass is 9.82. The summed E-state index contributed by atoms with van der Waals surface area (Å²) >= 11 is 0. The van der Waals surface area contributed by atoms with Crippen molar-refractivity contribution in [3.63, 3.8) is 0 Å². The van der Waals surface area contributed by atoms with Gasteiger partial charge in [0.2, 0.25) is 0 Å². The zero-order valence-corrected chi connectivity index (χ0v) is 10.3. The normalized spacial score (nSPS) is 15.4. The van der Waals surface area contributed by atoms with Crippen molar-refractivity contribution < 1.29 is 15.0 Å². The fraction of sp³-hybridized carbons (Fsp3) is 0.462. The number of rotatable bonds is 3. The molecule has 1 aromatic rings. The minimum Gasteiger partial charge on any atom is -0.478 e. The number of aromatic carboxylic acids is 1. The highest BCUT2D eigenvalue weighted by Gasteiger charge is 2.28. The Kier molecular flexibility index (Phi) is 3.91. The van der Waals surface area contributed by atoms with Crippen LogP contribution in [0, 0.1) is 5.41 Å². The second-order valence-electron chi connectivity index (χ2n) is 5.26. The molecule has 2 atom stereocenters. The summed E-state index contributed by atoms with van der Waals surface area (Å²) < 4.78 is 0. The summed E-state index contributed by atoms with van der Waals surface area (Å²) in [6.07, 6.45) is -0.682. The molecule has 0 heterocycles. The highest BCUT2D eigenvalue weighted by atomic mass is 16.4. The lowest BCUT2D eigenvalue weighted by Crippen LogP contribution is -2.36. The highest BCUT2D eigenvalue weighted by molar-refractivity contribution is 5.87. The van der Waals surface area contributed by atoms with Crippen LogP contribution in [0.4, 0.5) is 0 Å². The number of aliphatic hydroxyl groups is 1. The predicted molar refractivity (Wildman–Crippen MR) is 65.8 cm³/mol. The van der Waals surface area contributed by atoms with E-state index in [0.29, 0.717) is 0 Å². The van der Waals surface area contributed by atoms with Crippen LogP contribution in [0.25, 0.3) is 0 Å². The Morgan fingerprint density at radius 1 is 1.24 bits per heavy atom.